The fourth-order valence-corrected chi connectivity index (χ4v) is 3.58. The molecule has 0 aliphatic rings. The van der Waals surface area contributed by atoms with E-state index in [1.807, 2.05) is 30.3 Å². The van der Waals surface area contributed by atoms with E-state index in [0.717, 1.165) is 11.8 Å². The Morgan fingerprint density at radius 2 is 1.90 bits per heavy atom. The number of aromatic nitrogens is 3. The lowest BCUT2D eigenvalue weighted by Gasteiger charge is -2.07. The molecule has 0 radical (unpaired) electrons. The van der Waals surface area contributed by atoms with Crippen LogP contribution in [0.15, 0.2) is 69.2 Å². The molecule has 3 N–H and O–H groups in total. The van der Waals surface area contributed by atoms with E-state index in [4.69, 9.17) is 9.56 Å². The normalized spacial score (nSPS) is 11.5. The second-order valence-corrected chi connectivity index (χ2v) is 8.27. The summed E-state index contributed by atoms with van der Waals surface area (Å²) in [6.45, 7) is 1.84. The highest BCUT2D eigenvalue weighted by atomic mass is 32.2. The number of benzene rings is 1. The van der Waals surface area contributed by atoms with Crippen molar-refractivity contribution in [3.8, 4) is 0 Å². The summed E-state index contributed by atoms with van der Waals surface area (Å²) in [7, 11) is -3.95. The molecular formula is C20H17N5O5S. The van der Waals surface area contributed by atoms with Crippen LogP contribution in [0.3, 0.4) is 0 Å². The first-order chi connectivity index (χ1) is 14.7. The van der Waals surface area contributed by atoms with Crippen molar-refractivity contribution in [1.29, 1.82) is 0 Å². The molecule has 0 aliphatic carbocycles. The Bertz CT molecular complexity index is 1440. The summed E-state index contributed by atoms with van der Waals surface area (Å²) in [5, 5.41) is 7.33. The fraction of sp³-hybridized carbons (Fsp3) is 0.100. The van der Waals surface area contributed by atoms with Gasteiger partial charge in [0, 0.05) is 0 Å². The van der Waals surface area contributed by atoms with Crippen LogP contribution in [0.2, 0.25) is 0 Å². The number of rotatable bonds is 5. The third kappa shape index (κ3) is 4.09. The zero-order chi connectivity index (χ0) is 22.2. The Kier molecular flexibility index (Phi) is 5.13. The summed E-state index contributed by atoms with van der Waals surface area (Å²) in [5.41, 5.74) is 0.807. The van der Waals surface area contributed by atoms with Crippen molar-refractivity contribution in [3.05, 3.63) is 82.2 Å². The maximum atomic E-state index is 13.1. The quantitative estimate of drug-likeness (QED) is 0.480. The van der Waals surface area contributed by atoms with E-state index in [9.17, 15) is 18.0 Å². The van der Waals surface area contributed by atoms with Crippen molar-refractivity contribution in [2.45, 2.75) is 18.5 Å². The average Bonchev–Trinajstić information content (AvgIpc) is 3.07. The number of carbonyl (C=O) groups is 1. The molecule has 11 heteroatoms. The molecule has 1 aromatic carbocycles. The van der Waals surface area contributed by atoms with Crippen LogP contribution in [-0.4, -0.2) is 28.9 Å². The standard InChI is InChI=1S/C20H17N5O5S/c1-12-16(18(26)24-14-7-8-15(22-9-14)31(21,28)29)17-19(30-12)23-11-25(20(17)27)10-13-5-3-2-4-6-13/h2-9,11H,10H2,1H3,(H,24,26)(H2,21,28,29). The highest BCUT2D eigenvalue weighted by Gasteiger charge is 2.23. The lowest BCUT2D eigenvalue weighted by atomic mass is 10.1. The molecule has 0 spiro atoms. The first-order valence-corrected chi connectivity index (χ1v) is 10.6. The minimum Gasteiger partial charge on any atom is -0.442 e. The minimum atomic E-state index is -3.95. The Morgan fingerprint density at radius 3 is 2.55 bits per heavy atom. The number of carbonyl (C=O) groups excluding carboxylic acids is 1. The predicted octanol–water partition coefficient (Wildman–Crippen LogP) is 1.64. The number of anilines is 1. The molecule has 158 valence electrons. The van der Waals surface area contributed by atoms with Crippen molar-refractivity contribution in [2.75, 3.05) is 5.32 Å². The number of hydrogen-bond donors (Lipinski definition) is 2. The number of amides is 1. The summed E-state index contributed by atoms with van der Waals surface area (Å²) in [6, 6.07) is 11.9. The van der Waals surface area contributed by atoms with Gasteiger partial charge in [-0.15, -0.1) is 0 Å². The van der Waals surface area contributed by atoms with Gasteiger partial charge in [-0.3, -0.25) is 14.2 Å². The second-order valence-electron chi connectivity index (χ2n) is 6.76. The number of furan rings is 1. The molecule has 4 rings (SSSR count). The molecule has 0 unspecified atom stereocenters. The number of fused-ring (bicyclic) bond motifs is 1. The third-order valence-corrected chi connectivity index (χ3v) is 5.39. The SMILES string of the molecule is Cc1oc2ncn(Cc3ccccc3)c(=O)c2c1C(=O)Nc1ccc(S(N)(=O)=O)nc1. The molecule has 4 aromatic rings. The lowest BCUT2D eigenvalue weighted by molar-refractivity contribution is 0.102. The van der Waals surface area contributed by atoms with Crippen molar-refractivity contribution < 1.29 is 17.6 Å². The number of aryl methyl sites for hydroxylation is 1. The van der Waals surface area contributed by atoms with E-state index in [2.05, 4.69) is 15.3 Å². The van der Waals surface area contributed by atoms with Crippen molar-refractivity contribution >= 4 is 32.7 Å². The van der Waals surface area contributed by atoms with E-state index in [1.165, 1.54) is 23.0 Å². The molecule has 31 heavy (non-hydrogen) atoms. The van der Waals surface area contributed by atoms with E-state index >= 15 is 0 Å². The number of sulfonamides is 1. The van der Waals surface area contributed by atoms with E-state index in [1.54, 1.807) is 6.92 Å². The second kappa shape index (κ2) is 7.78. The van der Waals surface area contributed by atoms with Gasteiger partial charge in [-0.2, -0.15) is 0 Å². The summed E-state index contributed by atoms with van der Waals surface area (Å²) < 4.78 is 29.5. The van der Waals surface area contributed by atoms with Crippen LogP contribution in [0.25, 0.3) is 11.1 Å². The first-order valence-electron chi connectivity index (χ1n) is 9.06. The maximum absolute atomic E-state index is 13.1. The van der Waals surface area contributed by atoms with Gasteiger partial charge in [0.2, 0.25) is 5.71 Å². The number of hydrogen-bond acceptors (Lipinski definition) is 7. The molecule has 3 heterocycles. The van der Waals surface area contributed by atoms with Gasteiger partial charge in [0.25, 0.3) is 21.5 Å². The fourth-order valence-electron chi connectivity index (χ4n) is 3.12. The summed E-state index contributed by atoms with van der Waals surface area (Å²) in [4.78, 5) is 33.9. The molecule has 0 atom stereocenters. The molecular weight excluding hydrogens is 422 g/mol. The van der Waals surface area contributed by atoms with E-state index in [-0.39, 0.29) is 39.7 Å². The number of nitrogens with one attached hydrogen (secondary N) is 1. The summed E-state index contributed by atoms with van der Waals surface area (Å²) in [6.07, 6.45) is 2.53. The first kappa shape index (κ1) is 20.4. The maximum Gasteiger partial charge on any atom is 0.265 e. The number of nitrogens with two attached hydrogens (primary N) is 1. The number of primary sulfonamides is 1. The topological polar surface area (TPSA) is 150 Å². The van der Waals surface area contributed by atoms with Crippen molar-refractivity contribution in [2.24, 2.45) is 5.14 Å². The highest BCUT2D eigenvalue weighted by molar-refractivity contribution is 7.89. The van der Waals surface area contributed by atoms with Gasteiger partial charge in [0.05, 0.1) is 24.0 Å². The molecule has 0 fully saturated rings. The highest BCUT2D eigenvalue weighted by Crippen LogP contribution is 2.22. The van der Waals surface area contributed by atoms with Crippen molar-refractivity contribution in [3.63, 3.8) is 0 Å². The molecule has 0 saturated carbocycles. The number of nitrogens with zero attached hydrogens (tertiary/aromatic N) is 3. The monoisotopic (exact) mass is 439 g/mol. The van der Waals surface area contributed by atoms with Gasteiger partial charge in [-0.05, 0) is 24.6 Å². The lowest BCUT2D eigenvalue weighted by Crippen LogP contribution is -2.23. The number of pyridine rings is 1. The molecule has 3 aromatic heterocycles. The zero-order valence-corrected chi connectivity index (χ0v) is 17.1. The van der Waals surface area contributed by atoms with Gasteiger partial charge in [0.1, 0.15) is 17.5 Å². The largest absolute Gasteiger partial charge is 0.442 e. The Hall–Kier alpha value is -3.83. The summed E-state index contributed by atoms with van der Waals surface area (Å²) in [5.74, 6) is -0.388. The summed E-state index contributed by atoms with van der Waals surface area (Å²) >= 11 is 0. The Labute approximate surface area is 176 Å². The van der Waals surface area contributed by atoms with Gasteiger partial charge < -0.3 is 9.73 Å². The minimum absolute atomic E-state index is 0.0467. The smallest absolute Gasteiger partial charge is 0.265 e. The molecule has 0 saturated heterocycles. The predicted molar refractivity (Wildman–Crippen MR) is 112 cm³/mol. The van der Waals surface area contributed by atoms with Crippen LogP contribution in [0.1, 0.15) is 21.7 Å². The van der Waals surface area contributed by atoms with E-state index < -0.39 is 21.5 Å². The van der Waals surface area contributed by atoms with Crippen LogP contribution in [0.4, 0.5) is 5.69 Å². The van der Waals surface area contributed by atoms with Crippen LogP contribution in [-0.2, 0) is 16.6 Å². The van der Waals surface area contributed by atoms with E-state index in [0.29, 0.717) is 0 Å². The van der Waals surface area contributed by atoms with Crippen LogP contribution in [0, 0.1) is 6.92 Å². The Morgan fingerprint density at radius 1 is 1.16 bits per heavy atom. The zero-order valence-electron chi connectivity index (χ0n) is 16.3. The van der Waals surface area contributed by atoms with Crippen LogP contribution < -0.4 is 16.0 Å². The molecule has 0 aliphatic heterocycles. The third-order valence-electron chi connectivity index (χ3n) is 4.56. The average molecular weight is 439 g/mol. The molecule has 0 bridgehead atoms. The van der Waals surface area contributed by atoms with Gasteiger partial charge in [-0.25, -0.2) is 23.5 Å². The molecule has 1 amide bonds. The van der Waals surface area contributed by atoms with Crippen molar-refractivity contribution in [1.82, 2.24) is 14.5 Å². The van der Waals surface area contributed by atoms with Crippen LogP contribution >= 0.6 is 0 Å². The van der Waals surface area contributed by atoms with Gasteiger partial charge in [0.15, 0.2) is 5.03 Å². The van der Waals surface area contributed by atoms with Gasteiger partial charge in [-0.1, -0.05) is 30.3 Å². The molecule has 10 nitrogen and oxygen atoms in total. The Balaban J connectivity index is 1.69. The van der Waals surface area contributed by atoms with Gasteiger partial charge >= 0.3 is 0 Å². The van der Waals surface area contributed by atoms with Crippen LogP contribution in [0.5, 0.6) is 0 Å².